The van der Waals surface area contributed by atoms with Gasteiger partial charge in [-0.05, 0) is 17.9 Å². The standard InChI is InChI=1S/C15H17ClN2O2/c1-10(2)8-12-13(15(19)20)14(16)18(17-12)9-11-6-4-3-5-7-11/h3-7,10H,8-9H2,1-2H3,(H,19,20). The zero-order valence-corrected chi connectivity index (χ0v) is 12.3. The highest BCUT2D eigenvalue weighted by Crippen LogP contribution is 2.23. The molecule has 0 aliphatic heterocycles. The molecule has 0 aliphatic carbocycles. The van der Waals surface area contributed by atoms with Crippen LogP contribution in [0, 0.1) is 5.92 Å². The van der Waals surface area contributed by atoms with E-state index >= 15 is 0 Å². The van der Waals surface area contributed by atoms with Crippen molar-refractivity contribution in [3.63, 3.8) is 0 Å². The number of carboxylic acids is 1. The summed E-state index contributed by atoms with van der Waals surface area (Å²) in [6.45, 7) is 4.52. The second kappa shape index (κ2) is 6.09. The fourth-order valence-corrected chi connectivity index (χ4v) is 2.38. The first-order valence-electron chi connectivity index (χ1n) is 6.51. The molecule has 20 heavy (non-hydrogen) atoms. The highest BCUT2D eigenvalue weighted by molar-refractivity contribution is 6.32. The number of aromatic carboxylic acids is 1. The number of halogens is 1. The van der Waals surface area contributed by atoms with Crippen LogP contribution in [0.25, 0.3) is 0 Å². The van der Waals surface area contributed by atoms with Crippen LogP contribution in [0.3, 0.4) is 0 Å². The number of nitrogens with zero attached hydrogens (tertiary/aromatic N) is 2. The molecule has 1 N–H and O–H groups in total. The third-order valence-electron chi connectivity index (χ3n) is 2.95. The molecule has 0 radical (unpaired) electrons. The van der Waals surface area contributed by atoms with E-state index < -0.39 is 5.97 Å². The van der Waals surface area contributed by atoms with Gasteiger partial charge >= 0.3 is 5.97 Å². The minimum Gasteiger partial charge on any atom is -0.478 e. The van der Waals surface area contributed by atoms with Crippen LogP contribution in [-0.2, 0) is 13.0 Å². The lowest BCUT2D eigenvalue weighted by Gasteiger charge is -2.03. The van der Waals surface area contributed by atoms with Gasteiger partial charge in [-0.2, -0.15) is 5.10 Å². The number of aromatic nitrogens is 2. The van der Waals surface area contributed by atoms with Gasteiger partial charge in [-0.1, -0.05) is 55.8 Å². The highest BCUT2D eigenvalue weighted by Gasteiger charge is 2.22. The fourth-order valence-electron chi connectivity index (χ4n) is 2.09. The van der Waals surface area contributed by atoms with Crippen LogP contribution in [0.5, 0.6) is 0 Å². The Kier molecular flexibility index (Phi) is 4.45. The minimum absolute atomic E-state index is 0.122. The molecule has 0 atom stereocenters. The Morgan fingerprint density at radius 1 is 1.35 bits per heavy atom. The summed E-state index contributed by atoms with van der Waals surface area (Å²) in [5.74, 6) is -0.700. The number of benzene rings is 1. The molecular weight excluding hydrogens is 276 g/mol. The van der Waals surface area contributed by atoms with Crippen molar-refractivity contribution in [2.24, 2.45) is 5.92 Å². The van der Waals surface area contributed by atoms with E-state index in [1.54, 1.807) is 4.68 Å². The predicted molar refractivity (Wildman–Crippen MR) is 78.3 cm³/mol. The molecular formula is C15H17ClN2O2. The Morgan fingerprint density at radius 2 is 2.00 bits per heavy atom. The Labute approximate surface area is 123 Å². The average molecular weight is 293 g/mol. The summed E-state index contributed by atoms with van der Waals surface area (Å²) in [7, 11) is 0. The Morgan fingerprint density at radius 3 is 2.55 bits per heavy atom. The molecule has 0 bridgehead atoms. The average Bonchev–Trinajstić information content (AvgIpc) is 2.66. The van der Waals surface area contributed by atoms with Crippen LogP contribution in [0.2, 0.25) is 5.15 Å². The zero-order valence-electron chi connectivity index (χ0n) is 11.5. The molecule has 0 spiro atoms. The molecule has 0 amide bonds. The van der Waals surface area contributed by atoms with E-state index in [0.29, 0.717) is 24.6 Å². The van der Waals surface area contributed by atoms with Crippen molar-refractivity contribution in [2.75, 3.05) is 0 Å². The monoisotopic (exact) mass is 292 g/mol. The minimum atomic E-state index is -1.02. The summed E-state index contributed by atoms with van der Waals surface area (Å²) in [5, 5.41) is 13.9. The molecule has 1 heterocycles. The number of rotatable bonds is 5. The molecule has 1 aromatic carbocycles. The maximum Gasteiger partial charge on any atom is 0.340 e. The van der Waals surface area contributed by atoms with E-state index in [0.717, 1.165) is 5.56 Å². The Hall–Kier alpha value is -1.81. The summed E-state index contributed by atoms with van der Waals surface area (Å²) < 4.78 is 1.55. The maximum atomic E-state index is 11.4. The van der Waals surface area contributed by atoms with E-state index in [9.17, 15) is 9.90 Å². The maximum absolute atomic E-state index is 11.4. The predicted octanol–water partition coefficient (Wildman–Crippen LogP) is 3.48. The second-order valence-electron chi connectivity index (χ2n) is 5.16. The van der Waals surface area contributed by atoms with E-state index in [-0.39, 0.29) is 10.7 Å². The smallest absolute Gasteiger partial charge is 0.340 e. The van der Waals surface area contributed by atoms with Crippen LogP contribution in [-0.4, -0.2) is 20.9 Å². The van der Waals surface area contributed by atoms with Gasteiger partial charge in [0.05, 0.1) is 12.2 Å². The summed E-state index contributed by atoms with van der Waals surface area (Å²) in [4.78, 5) is 11.4. The van der Waals surface area contributed by atoms with Crippen molar-refractivity contribution >= 4 is 17.6 Å². The Balaban J connectivity index is 2.37. The van der Waals surface area contributed by atoms with Gasteiger partial charge in [-0.15, -0.1) is 0 Å². The molecule has 1 aromatic heterocycles. The van der Waals surface area contributed by atoms with Crippen LogP contribution in [0.4, 0.5) is 0 Å². The normalized spacial score (nSPS) is 11.0. The molecule has 2 aromatic rings. The van der Waals surface area contributed by atoms with Gasteiger partial charge in [0.1, 0.15) is 10.7 Å². The third-order valence-corrected chi connectivity index (χ3v) is 3.34. The van der Waals surface area contributed by atoms with Crippen molar-refractivity contribution in [3.05, 3.63) is 52.3 Å². The third kappa shape index (κ3) is 3.20. The van der Waals surface area contributed by atoms with Crippen LogP contribution < -0.4 is 0 Å². The van der Waals surface area contributed by atoms with E-state index in [1.165, 1.54) is 0 Å². The quantitative estimate of drug-likeness (QED) is 0.918. The van der Waals surface area contributed by atoms with Crippen LogP contribution in [0.15, 0.2) is 30.3 Å². The van der Waals surface area contributed by atoms with Gasteiger partial charge in [0, 0.05) is 0 Å². The molecule has 0 saturated carbocycles. The van der Waals surface area contributed by atoms with Gasteiger partial charge in [0.2, 0.25) is 0 Å². The van der Waals surface area contributed by atoms with Gasteiger partial charge in [-0.25, -0.2) is 9.48 Å². The van der Waals surface area contributed by atoms with Gasteiger partial charge < -0.3 is 5.11 Å². The summed E-state index contributed by atoms with van der Waals surface area (Å²) >= 11 is 6.18. The summed E-state index contributed by atoms with van der Waals surface area (Å²) in [6, 6.07) is 9.71. The van der Waals surface area contributed by atoms with Crippen molar-refractivity contribution in [1.82, 2.24) is 9.78 Å². The van der Waals surface area contributed by atoms with Crippen molar-refractivity contribution in [2.45, 2.75) is 26.8 Å². The first-order valence-corrected chi connectivity index (χ1v) is 6.89. The lowest BCUT2D eigenvalue weighted by atomic mass is 10.1. The molecule has 0 unspecified atom stereocenters. The SMILES string of the molecule is CC(C)Cc1nn(Cc2ccccc2)c(Cl)c1C(=O)O. The van der Waals surface area contributed by atoms with Crippen molar-refractivity contribution < 1.29 is 9.90 Å². The van der Waals surface area contributed by atoms with Crippen LogP contribution >= 0.6 is 11.6 Å². The summed E-state index contributed by atoms with van der Waals surface area (Å²) in [5.41, 5.74) is 1.70. The zero-order chi connectivity index (χ0) is 14.7. The number of hydrogen-bond acceptors (Lipinski definition) is 2. The van der Waals surface area contributed by atoms with E-state index in [1.807, 2.05) is 44.2 Å². The molecule has 0 fully saturated rings. The summed E-state index contributed by atoms with van der Waals surface area (Å²) in [6.07, 6.45) is 0.600. The molecule has 2 rings (SSSR count). The molecule has 106 valence electrons. The second-order valence-corrected chi connectivity index (χ2v) is 5.52. The topological polar surface area (TPSA) is 55.1 Å². The van der Waals surface area contributed by atoms with E-state index in [4.69, 9.17) is 11.6 Å². The largest absolute Gasteiger partial charge is 0.478 e. The van der Waals surface area contributed by atoms with Gasteiger partial charge in [0.15, 0.2) is 0 Å². The van der Waals surface area contributed by atoms with Crippen LogP contribution in [0.1, 0.15) is 35.5 Å². The first-order chi connectivity index (χ1) is 9.49. The molecule has 4 nitrogen and oxygen atoms in total. The highest BCUT2D eigenvalue weighted by atomic mass is 35.5. The first kappa shape index (κ1) is 14.6. The number of hydrogen-bond donors (Lipinski definition) is 1. The lowest BCUT2D eigenvalue weighted by molar-refractivity contribution is 0.0695. The molecule has 0 aliphatic rings. The molecule has 0 saturated heterocycles. The molecule has 5 heteroatoms. The Bertz CT molecular complexity index is 606. The van der Waals surface area contributed by atoms with Crippen molar-refractivity contribution in [1.29, 1.82) is 0 Å². The van der Waals surface area contributed by atoms with Gasteiger partial charge in [0.25, 0.3) is 0 Å². The number of carbonyl (C=O) groups is 1. The van der Waals surface area contributed by atoms with Crippen molar-refractivity contribution in [3.8, 4) is 0 Å². The lowest BCUT2D eigenvalue weighted by Crippen LogP contribution is -2.04. The number of carboxylic acid groups (broad SMARTS) is 1. The fraction of sp³-hybridized carbons (Fsp3) is 0.333. The van der Waals surface area contributed by atoms with E-state index in [2.05, 4.69) is 5.10 Å². The van der Waals surface area contributed by atoms with Gasteiger partial charge in [-0.3, -0.25) is 0 Å².